The quantitative estimate of drug-likeness (QED) is 0.648. The molecule has 0 radical (unpaired) electrons. The van der Waals surface area contributed by atoms with E-state index in [1.165, 1.54) is 28.2 Å². The fourth-order valence-electron chi connectivity index (χ4n) is 5.94. The predicted molar refractivity (Wildman–Crippen MR) is 116 cm³/mol. The van der Waals surface area contributed by atoms with Crippen LogP contribution >= 0.6 is 0 Å². The van der Waals surface area contributed by atoms with Crippen LogP contribution in [0.2, 0.25) is 0 Å². The molecule has 1 aliphatic heterocycles. The highest BCUT2D eigenvalue weighted by Gasteiger charge is 2.43. The Morgan fingerprint density at radius 1 is 1.07 bits per heavy atom. The molecular formula is C25H30FN3. The van der Waals surface area contributed by atoms with Crippen molar-refractivity contribution in [2.45, 2.75) is 43.7 Å². The lowest BCUT2D eigenvalue weighted by atomic mass is 9.69. The standard InChI is InChI=1S/C25H30FN3/c1-29(2)23(18-6-5-7-19(26)16-18)17-10-13-25(14-11-17)24-21(12-15-27-25)20-8-3-4-9-22(20)28-24/h3-9,16-17,23,27-28H,10-15H2,1-2H3. The average Bonchev–Trinajstić information content (AvgIpc) is 3.10. The third-order valence-corrected chi connectivity index (χ3v) is 7.21. The van der Waals surface area contributed by atoms with E-state index in [1.807, 2.05) is 6.07 Å². The molecule has 1 spiro atoms. The molecule has 0 bridgehead atoms. The highest BCUT2D eigenvalue weighted by Crippen LogP contribution is 2.47. The number of hydrogen-bond acceptors (Lipinski definition) is 2. The van der Waals surface area contributed by atoms with Crippen molar-refractivity contribution in [2.24, 2.45) is 5.92 Å². The third kappa shape index (κ3) is 3.19. The Balaban J connectivity index is 1.43. The predicted octanol–water partition coefficient (Wildman–Crippen LogP) is 5.14. The Bertz CT molecular complexity index is 1010. The summed E-state index contributed by atoms with van der Waals surface area (Å²) in [6.07, 6.45) is 5.62. The van der Waals surface area contributed by atoms with Crippen LogP contribution in [0.3, 0.4) is 0 Å². The molecule has 1 aliphatic carbocycles. The first-order chi connectivity index (χ1) is 14.1. The molecule has 2 aromatic carbocycles. The van der Waals surface area contributed by atoms with Gasteiger partial charge in [0.2, 0.25) is 0 Å². The van der Waals surface area contributed by atoms with Crippen LogP contribution in [0.1, 0.15) is 48.5 Å². The lowest BCUT2D eigenvalue weighted by molar-refractivity contribution is 0.112. The molecule has 3 nitrogen and oxygen atoms in total. The number of halogens is 1. The number of aromatic amines is 1. The van der Waals surface area contributed by atoms with E-state index in [1.54, 1.807) is 6.07 Å². The molecule has 0 amide bonds. The van der Waals surface area contributed by atoms with Gasteiger partial charge in [-0.1, -0.05) is 30.3 Å². The van der Waals surface area contributed by atoms with E-state index in [9.17, 15) is 4.39 Å². The number of fused-ring (bicyclic) bond motifs is 4. The molecule has 152 valence electrons. The second-order valence-corrected chi connectivity index (χ2v) is 9.08. The smallest absolute Gasteiger partial charge is 0.123 e. The Morgan fingerprint density at radius 2 is 1.86 bits per heavy atom. The van der Waals surface area contributed by atoms with Gasteiger partial charge >= 0.3 is 0 Å². The first-order valence-corrected chi connectivity index (χ1v) is 10.8. The molecule has 1 unspecified atom stereocenters. The average molecular weight is 392 g/mol. The maximum absolute atomic E-state index is 13.9. The number of benzene rings is 2. The summed E-state index contributed by atoms with van der Waals surface area (Å²) < 4.78 is 13.9. The lowest BCUT2D eigenvalue weighted by Gasteiger charge is -2.46. The third-order valence-electron chi connectivity index (χ3n) is 7.21. The Hall–Kier alpha value is -2.17. The maximum Gasteiger partial charge on any atom is 0.123 e. The van der Waals surface area contributed by atoms with E-state index in [2.05, 4.69) is 59.6 Å². The highest BCUT2D eigenvalue weighted by atomic mass is 19.1. The van der Waals surface area contributed by atoms with Crippen molar-refractivity contribution in [3.05, 3.63) is 71.2 Å². The van der Waals surface area contributed by atoms with Crippen molar-refractivity contribution >= 4 is 10.9 Å². The molecule has 1 fully saturated rings. The number of hydrogen-bond donors (Lipinski definition) is 2. The van der Waals surface area contributed by atoms with Crippen molar-refractivity contribution < 1.29 is 4.39 Å². The number of aromatic nitrogens is 1. The van der Waals surface area contributed by atoms with Gasteiger partial charge in [-0.05, 0) is 81.4 Å². The van der Waals surface area contributed by atoms with E-state index < -0.39 is 0 Å². The van der Waals surface area contributed by atoms with E-state index in [0.717, 1.165) is 44.2 Å². The highest BCUT2D eigenvalue weighted by molar-refractivity contribution is 5.85. The summed E-state index contributed by atoms with van der Waals surface area (Å²) in [6, 6.07) is 16.1. The minimum atomic E-state index is -0.140. The van der Waals surface area contributed by atoms with Gasteiger partial charge in [-0.2, -0.15) is 0 Å². The van der Waals surface area contributed by atoms with Crippen LogP contribution < -0.4 is 5.32 Å². The largest absolute Gasteiger partial charge is 0.357 e. The van der Waals surface area contributed by atoms with E-state index in [4.69, 9.17) is 0 Å². The van der Waals surface area contributed by atoms with Crippen LogP contribution in [0.15, 0.2) is 48.5 Å². The number of H-pyrrole nitrogens is 1. The summed E-state index contributed by atoms with van der Waals surface area (Å²) in [5.74, 6) is 0.396. The molecular weight excluding hydrogens is 361 g/mol. The second kappa shape index (κ2) is 7.26. The Morgan fingerprint density at radius 3 is 2.62 bits per heavy atom. The Labute approximate surface area is 172 Å². The molecule has 2 aliphatic rings. The topological polar surface area (TPSA) is 31.1 Å². The van der Waals surface area contributed by atoms with Gasteiger partial charge in [0.15, 0.2) is 0 Å². The molecule has 5 rings (SSSR count). The van der Waals surface area contributed by atoms with Gasteiger partial charge < -0.3 is 15.2 Å². The molecule has 1 atom stereocenters. The number of para-hydroxylation sites is 1. The van der Waals surface area contributed by atoms with Gasteiger partial charge in [0.05, 0.1) is 5.54 Å². The maximum atomic E-state index is 13.9. The molecule has 2 N–H and O–H groups in total. The van der Waals surface area contributed by atoms with Crippen molar-refractivity contribution in [1.82, 2.24) is 15.2 Å². The van der Waals surface area contributed by atoms with E-state index >= 15 is 0 Å². The van der Waals surface area contributed by atoms with E-state index in [-0.39, 0.29) is 17.4 Å². The van der Waals surface area contributed by atoms with Crippen LogP contribution in [-0.2, 0) is 12.0 Å². The van der Waals surface area contributed by atoms with E-state index in [0.29, 0.717) is 5.92 Å². The molecule has 2 heterocycles. The second-order valence-electron chi connectivity index (χ2n) is 9.08. The summed E-state index contributed by atoms with van der Waals surface area (Å²) in [6.45, 7) is 1.04. The van der Waals surface area contributed by atoms with Gasteiger partial charge in [0.1, 0.15) is 5.82 Å². The van der Waals surface area contributed by atoms with Crippen LogP contribution in [0.4, 0.5) is 4.39 Å². The first-order valence-electron chi connectivity index (χ1n) is 10.8. The lowest BCUT2D eigenvalue weighted by Crippen LogP contribution is -2.50. The zero-order valence-corrected chi connectivity index (χ0v) is 17.3. The fourth-order valence-corrected chi connectivity index (χ4v) is 5.94. The fraction of sp³-hybridized carbons (Fsp3) is 0.440. The van der Waals surface area contributed by atoms with Crippen molar-refractivity contribution in [3.8, 4) is 0 Å². The van der Waals surface area contributed by atoms with Gasteiger partial charge in [-0.15, -0.1) is 0 Å². The monoisotopic (exact) mass is 391 g/mol. The SMILES string of the molecule is CN(C)C(c1cccc(F)c1)C1CCC2(CC1)NCCc1c2[nH]c2ccccc12. The molecule has 29 heavy (non-hydrogen) atoms. The van der Waals surface area contributed by atoms with Crippen LogP contribution in [0.5, 0.6) is 0 Å². The summed E-state index contributed by atoms with van der Waals surface area (Å²) in [5.41, 5.74) is 5.33. The van der Waals surface area contributed by atoms with Gasteiger partial charge in [0.25, 0.3) is 0 Å². The summed E-state index contributed by atoms with van der Waals surface area (Å²) in [4.78, 5) is 6.02. The number of nitrogens with zero attached hydrogens (tertiary/aromatic N) is 1. The Kier molecular flexibility index (Phi) is 4.72. The summed E-state index contributed by atoms with van der Waals surface area (Å²) >= 11 is 0. The minimum Gasteiger partial charge on any atom is -0.357 e. The molecule has 1 saturated carbocycles. The first kappa shape index (κ1) is 18.8. The van der Waals surface area contributed by atoms with Crippen molar-refractivity contribution in [2.75, 3.05) is 20.6 Å². The van der Waals surface area contributed by atoms with Gasteiger partial charge in [-0.3, -0.25) is 0 Å². The summed E-state index contributed by atoms with van der Waals surface area (Å²) in [7, 11) is 4.24. The van der Waals surface area contributed by atoms with Gasteiger partial charge in [-0.25, -0.2) is 4.39 Å². The van der Waals surface area contributed by atoms with Crippen LogP contribution in [-0.4, -0.2) is 30.5 Å². The number of rotatable bonds is 3. The zero-order valence-electron chi connectivity index (χ0n) is 17.3. The molecule has 0 saturated heterocycles. The van der Waals surface area contributed by atoms with Gasteiger partial charge in [0, 0.05) is 29.2 Å². The minimum absolute atomic E-state index is 0.0574. The van der Waals surface area contributed by atoms with Crippen molar-refractivity contribution in [1.29, 1.82) is 0 Å². The molecule has 1 aromatic heterocycles. The number of nitrogens with one attached hydrogen (secondary N) is 2. The van der Waals surface area contributed by atoms with Crippen molar-refractivity contribution in [3.63, 3.8) is 0 Å². The van der Waals surface area contributed by atoms with Crippen LogP contribution in [0.25, 0.3) is 10.9 Å². The normalized spacial score (nSPS) is 25.4. The molecule has 3 aromatic rings. The van der Waals surface area contributed by atoms with Crippen LogP contribution in [0, 0.1) is 11.7 Å². The zero-order chi connectivity index (χ0) is 20.0. The summed E-state index contributed by atoms with van der Waals surface area (Å²) in [5, 5.41) is 5.27. The molecule has 4 heteroatoms.